The van der Waals surface area contributed by atoms with Gasteiger partial charge < -0.3 is 15.1 Å². The summed E-state index contributed by atoms with van der Waals surface area (Å²) in [6.45, 7) is 5.38. The second-order valence-electron chi connectivity index (χ2n) is 5.44. The summed E-state index contributed by atoms with van der Waals surface area (Å²) in [5.74, 6) is -0.132. The predicted molar refractivity (Wildman–Crippen MR) is 73.6 cm³/mol. The smallest absolute Gasteiger partial charge is 0.257 e. The number of benzene rings is 1. The van der Waals surface area contributed by atoms with E-state index in [2.05, 4.69) is 0 Å². The average Bonchev–Trinajstić information content (AvgIpc) is 2.38. The Morgan fingerprint density at radius 2 is 1.74 bits per heavy atom. The molecule has 19 heavy (non-hydrogen) atoms. The summed E-state index contributed by atoms with van der Waals surface area (Å²) < 4.78 is 0. The van der Waals surface area contributed by atoms with Gasteiger partial charge in [0.05, 0.1) is 5.56 Å². The van der Waals surface area contributed by atoms with E-state index >= 15 is 0 Å². The first-order valence-corrected chi connectivity index (χ1v) is 6.86. The zero-order valence-corrected chi connectivity index (χ0v) is 11.5. The molecule has 1 aliphatic rings. The van der Waals surface area contributed by atoms with Crippen LogP contribution in [0.15, 0.2) is 12.1 Å². The monoisotopic (exact) mass is 263 g/mol. The molecule has 1 fully saturated rings. The van der Waals surface area contributed by atoms with E-state index in [0.717, 1.165) is 32.4 Å². The van der Waals surface area contributed by atoms with Gasteiger partial charge in [-0.3, -0.25) is 4.79 Å². The van der Waals surface area contributed by atoms with Crippen molar-refractivity contribution in [2.45, 2.75) is 39.0 Å². The van der Waals surface area contributed by atoms with E-state index in [1.807, 2.05) is 13.8 Å². The van der Waals surface area contributed by atoms with E-state index in [1.165, 1.54) is 6.07 Å². The van der Waals surface area contributed by atoms with Gasteiger partial charge in [0.2, 0.25) is 0 Å². The minimum absolute atomic E-state index is 0.0442. The van der Waals surface area contributed by atoms with Crippen LogP contribution in [0.5, 0.6) is 11.5 Å². The van der Waals surface area contributed by atoms with Crippen molar-refractivity contribution in [1.29, 1.82) is 0 Å². The van der Waals surface area contributed by atoms with Gasteiger partial charge in [-0.05, 0) is 36.8 Å². The molecule has 1 saturated heterocycles. The van der Waals surface area contributed by atoms with E-state index in [-0.39, 0.29) is 23.3 Å². The molecular formula is C15H21NO3. The molecular weight excluding hydrogens is 242 g/mol. The molecule has 1 heterocycles. The highest BCUT2D eigenvalue weighted by Crippen LogP contribution is 2.33. The van der Waals surface area contributed by atoms with Gasteiger partial charge in [-0.2, -0.15) is 0 Å². The number of rotatable bonds is 2. The molecule has 0 atom stereocenters. The molecule has 1 aromatic rings. The van der Waals surface area contributed by atoms with Crippen molar-refractivity contribution in [2.24, 2.45) is 0 Å². The third-order valence-corrected chi connectivity index (χ3v) is 3.64. The van der Waals surface area contributed by atoms with Gasteiger partial charge >= 0.3 is 0 Å². The maximum Gasteiger partial charge on any atom is 0.257 e. The van der Waals surface area contributed by atoms with Gasteiger partial charge in [0.1, 0.15) is 11.5 Å². The van der Waals surface area contributed by atoms with E-state index in [4.69, 9.17) is 0 Å². The number of nitrogens with zero attached hydrogens (tertiary/aromatic N) is 1. The number of likely N-dealkylation sites (tertiary alicyclic amines) is 1. The normalized spacial score (nSPS) is 15.8. The lowest BCUT2D eigenvalue weighted by Gasteiger charge is -2.27. The van der Waals surface area contributed by atoms with Gasteiger partial charge in [-0.1, -0.05) is 13.8 Å². The second kappa shape index (κ2) is 5.51. The van der Waals surface area contributed by atoms with Crippen LogP contribution < -0.4 is 0 Å². The molecule has 1 aromatic carbocycles. The largest absolute Gasteiger partial charge is 0.508 e. The Hall–Kier alpha value is -1.71. The molecule has 1 amide bonds. The van der Waals surface area contributed by atoms with Crippen LogP contribution in [0.1, 0.15) is 54.9 Å². The highest BCUT2D eigenvalue weighted by atomic mass is 16.3. The number of hydrogen-bond acceptors (Lipinski definition) is 3. The minimum atomic E-state index is -0.141. The summed E-state index contributed by atoms with van der Waals surface area (Å²) in [4.78, 5) is 14.2. The Balaban J connectivity index is 2.32. The van der Waals surface area contributed by atoms with Crippen LogP contribution in [0.25, 0.3) is 0 Å². The standard InChI is InChI=1S/C15H21NO3/c1-10(2)11-8-12(14(18)9-13(11)17)15(19)16-6-4-3-5-7-16/h8-10,17-18H,3-7H2,1-2H3. The summed E-state index contributed by atoms with van der Waals surface area (Å²) in [6, 6.07) is 2.89. The number of carbonyl (C=O) groups excluding carboxylic acids is 1. The van der Waals surface area contributed by atoms with Crippen LogP contribution in [-0.4, -0.2) is 34.1 Å². The molecule has 1 aliphatic heterocycles. The fourth-order valence-corrected chi connectivity index (χ4v) is 2.50. The summed E-state index contributed by atoms with van der Waals surface area (Å²) in [6.07, 6.45) is 3.19. The molecule has 104 valence electrons. The Morgan fingerprint density at radius 1 is 1.11 bits per heavy atom. The van der Waals surface area contributed by atoms with Crippen LogP contribution in [0, 0.1) is 0 Å². The third-order valence-electron chi connectivity index (χ3n) is 3.64. The zero-order valence-electron chi connectivity index (χ0n) is 11.5. The van der Waals surface area contributed by atoms with E-state index in [9.17, 15) is 15.0 Å². The maximum atomic E-state index is 12.4. The van der Waals surface area contributed by atoms with Crippen LogP contribution in [-0.2, 0) is 0 Å². The van der Waals surface area contributed by atoms with Gasteiger partial charge in [0.15, 0.2) is 0 Å². The highest BCUT2D eigenvalue weighted by Gasteiger charge is 2.22. The number of hydrogen-bond donors (Lipinski definition) is 2. The molecule has 0 spiro atoms. The molecule has 0 aromatic heterocycles. The number of phenolic OH excluding ortho intramolecular Hbond substituents is 2. The highest BCUT2D eigenvalue weighted by molar-refractivity contribution is 5.97. The summed E-state index contributed by atoms with van der Waals surface area (Å²) in [7, 11) is 0. The van der Waals surface area contributed by atoms with E-state index in [0.29, 0.717) is 11.1 Å². The predicted octanol–water partition coefficient (Wildman–Crippen LogP) is 2.85. The van der Waals surface area contributed by atoms with Gasteiger partial charge in [-0.15, -0.1) is 0 Å². The third kappa shape index (κ3) is 2.83. The van der Waals surface area contributed by atoms with Gasteiger partial charge in [0, 0.05) is 19.2 Å². The molecule has 2 N–H and O–H groups in total. The lowest BCUT2D eigenvalue weighted by molar-refractivity contribution is 0.0721. The van der Waals surface area contributed by atoms with Crippen molar-refractivity contribution in [3.05, 3.63) is 23.3 Å². The summed E-state index contributed by atoms with van der Waals surface area (Å²) in [5.41, 5.74) is 0.988. The Labute approximate surface area is 113 Å². The van der Waals surface area contributed by atoms with Gasteiger partial charge in [0.25, 0.3) is 5.91 Å². The maximum absolute atomic E-state index is 12.4. The van der Waals surface area contributed by atoms with Crippen molar-refractivity contribution >= 4 is 5.91 Å². The van der Waals surface area contributed by atoms with Crippen molar-refractivity contribution in [3.63, 3.8) is 0 Å². The first kappa shape index (κ1) is 13.7. The first-order chi connectivity index (χ1) is 9.00. The van der Waals surface area contributed by atoms with Crippen LogP contribution >= 0.6 is 0 Å². The van der Waals surface area contributed by atoms with Crippen LogP contribution in [0.3, 0.4) is 0 Å². The summed E-state index contributed by atoms with van der Waals surface area (Å²) in [5, 5.41) is 19.7. The Morgan fingerprint density at radius 3 is 2.32 bits per heavy atom. The van der Waals surface area contributed by atoms with Crippen LogP contribution in [0.2, 0.25) is 0 Å². The molecule has 4 heteroatoms. The number of carbonyl (C=O) groups is 1. The quantitative estimate of drug-likeness (QED) is 0.862. The molecule has 0 bridgehead atoms. The lowest BCUT2D eigenvalue weighted by Crippen LogP contribution is -2.35. The van der Waals surface area contributed by atoms with E-state index in [1.54, 1.807) is 11.0 Å². The van der Waals surface area contributed by atoms with E-state index < -0.39 is 0 Å². The summed E-state index contributed by atoms with van der Waals surface area (Å²) >= 11 is 0. The molecule has 2 rings (SSSR count). The second-order valence-corrected chi connectivity index (χ2v) is 5.44. The first-order valence-electron chi connectivity index (χ1n) is 6.86. The van der Waals surface area contributed by atoms with Crippen molar-refractivity contribution < 1.29 is 15.0 Å². The Bertz CT molecular complexity index is 477. The van der Waals surface area contributed by atoms with Gasteiger partial charge in [-0.25, -0.2) is 0 Å². The van der Waals surface area contributed by atoms with Crippen molar-refractivity contribution in [3.8, 4) is 11.5 Å². The van der Waals surface area contributed by atoms with Crippen molar-refractivity contribution in [1.82, 2.24) is 4.90 Å². The lowest BCUT2D eigenvalue weighted by atomic mass is 9.98. The average molecular weight is 263 g/mol. The number of amides is 1. The minimum Gasteiger partial charge on any atom is -0.508 e. The SMILES string of the molecule is CC(C)c1cc(C(=O)N2CCCCC2)c(O)cc1O. The zero-order chi connectivity index (χ0) is 14.0. The number of aromatic hydroxyl groups is 2. The number of piperidine rings is 1. The fourth-order valence-electron chi connectivity index (χ4n) is 2.50. The van der Waals surface area contributed by atoms with Crippen molar-refractivity contribution in [2.75, 3.05) is 13.1 Å². The molecule has 4 nitrogen and oxygen atoms in total. The Kier molecular flexibility index (Phi) is 3.98. The molecule has 0 radical (unpaired) electrons. The molecule has 0 unspecified atom stereocenters. The molecule has 0 aliphatic carbocycles. The fraction of sp³-hybridized carbons (Fsp3) is 0.533. The molecule has 0 saturated carbocycles. The van der Waals surface area contributed by atoms with Crippen LogP contribution in [0.4, 0.5) is 0 Å². The topological polar surface area (TPSA) is 60.8 Å². The number of phenols is 2.